The summed E-state index contributed by atoms with van der Waals surface area (Å²) in [6.45, 7) is 0.550. The van der Waals surface area contributed by atoms with Crippen LogP contribution in [0.15, 0.2) is 35.4 Å². The Morgan fingerprint density at radius 2 is 2.05 bits per heavy atom. The first-order valence-corrected chi connectivity index (χ1v) is 7.97. The lowest BCUT2D eigenvalue weighted by molar-refractivity contribution is 0.601. The van der Waals surface area contributed by atoms with Gasteiger partial charge in [-0.3, -0.25) is 4.72 Å². The largest absolute Gasteiger partial charge is 0.352 e. The molecule has 0 aliphatic carbocycles. The van der Waals surface area contributed by atoms with Crippen molar-refractivity contribution in [3.05, 3.63) is 47.0 Å². The number of benzene rings is 1. The van der Waals surface area contributed by atoms with Gasteiger partial charge < -0.3 is 9.88 Å². The first-order chi connectivity index (χ1) is 9.83. The molecule has 0 spiro atoms. The molecule has 0 aliphatic heterocycles. The Bertz CT molecular complexity index is 759. The fourth-order valence-electron chi connectivity index (χ4n) is 1.85. The number of hydrogen-bond acceptors (Lipinski definition) is 3. The van der Waals surface area contributed by atoms with E-state index in [1.807, 2.05) is 0 Å². The second-order valence-electron chi connectivity index (χ2n) is 4.54. The first kappa shape index (κ1) is 15.8. The van der Waals surface area contributed by atoms with E-state index in [1.54, 1.807) is 24.7 Å². The highest BCUT2D eigenvalue weighted by Gasteiger charge is 2.18. The lowest BCUT2D eigenvalue weighted by atomic mass is 10.3. The van der Waals surface area contributed by atoms with Crippen molar-refractivity contribution < 1.29 is 12.8 Å². The molecular weight excluding hydrogens is 317 g/mol. The summed E-state index contributed by atoms with van der Waals surface area (Å²) >= 11 is 5.64. The highest BCUT2D eigenvalue weighted by molar-refractivity contribution is 7.92. The molecule has 0 fully saturated rings. The summed E-state index contributed by atoms with van der Waals surface area (Å²) in [5.41, 5.74) is 1.04. The lowest BCUT2D eigenvalue weighted by Crippen LogP contribution is -2.12. The first-order valence-electron chi connectivity index (χ1n) is 6.11. The molecule has 114 valence electrons. The van der Waals surface area contributed by atoms with Gasteiger partial charge in [-0.1, -0.05) is 11.6 Å². The third-order valence-electron chi connectivity index (χ3n) is 2.92. The molecule has 0 atom stereocenters. The number of aryl methyl sites for hydroxylation is 1. The smallest absolute Gasteiger partial charge is 0.263 e. The second kappa shape index (κ2) is 6.05. The van der Waals surface area contributed by atoms with E-state index in [0.29, 0.717) is 6.54 Å². The van der Waals surface area contributed by atoms with Gasteiger partial charge in [0.15, 0.2) is 0 Å². The van der Waals surface area contributed by atoms with Crippen molar-refractivity contribution in [1.82, 2.24) is 9.88 Å². The summed E-state index contributed by atoms with van der Waals surface area (Å²) < 4.78 is 41.7. The normalized spacial score (nSPS) is 11.6. The summed E-state index contributed by atoms with van der Waals surface area (Å²) in [7, 11) is -0.201. The minimum atomic E-state index is -3.74. The zero-order valence-corrected chi connectivity index (χ0v) is 13.1. The van der Waals surface area contributed by atoms with E-state index in [9.17, 15) is 12.8 Å². The molecule has 0 aliphatic rings. The van der Waals surface area contributed by atoms with E-state index in [0.717, 1.165) is 11.8 Å². The summed E-state index contributed by atoms with van der Waals surface area (Å²) in [6.07, 6.45) is 1.51. The molecule has 5 nitrogen and oxygen atoms in total. The minimum Gasteiger partial charge on any atom is -0.352 e. The standard InChI is InChI=1S/C13H15ClFN3O2S/c1-16-7-10-6-11(8-18(10)2)21(19,20)17-9-3-4-13(15)12(14)5-9/h3-6,8,16-17H,7H2,1-2H3. The highest BCUT2D eigenvalue weighted by atomic mass is 35.5. The topological polar surface area (TPSA) is 63.1 Å². The van der Waals surface area contributed by atoms with Crippen molar-refractivity contribution in [2.24, 2.45) is 7.05 Å². The van der Waals surface area contributed by atoms with Crippen LogP contribution in [-0.4, -0.2) is 20.0 Å². The number of hydrogen-bond donors (Lipinski definition) is 2. The van der Waals surface area contributed by atoms with Crippen LogP contribution in [0.1, 0.15) is 5.69 Å². The number of nitrogens with one attached hydrogen (secondary N) is 2. The SMILES string of the molecule is CNCc1cc(S(=O)(=O)Nc2ccc(F)c(Cl)c2)cn1C. The van der Waals surface area contributed by atoms with Crippen molar-refractivity contribution in [3.8, 4) is 0 Å². The van der Waals surface area contributed by atoms with E-state index >= 15 is 0 Å². The molecule has 2 aromatic rings. The van der Waals surface area contributed by atoms with E-state index in [2.05, 4.69) is 10.0 Å². The molecular formula is C13H15ClFN3O2S. The van der Waals surface area contributed by atoms with E-state index in [1.165, 1.54) is 18.3 Å². The molecule has 0 unspecified atom stereocenters. The van der Waals surface area contributed by atoms with Crippen LogP contribution in [0.25, 0.3) is 0 Å². The molecule has 0 saturated heterocycles. The van der Waals surface area contributed by atoms with Crippen LogP contribution in [0.3, 0.4) is 0 Å². The Hall–Kier alpha value is -1.57. The average molecular weight is 332 g/mol. The van der Waals surface area contributed by atoms with Crippen molar-refractivity contribution in [2.75, 3.05) is 11.8 Å². The van der Waals surface area contributed by atoms with Crippen LogP contribution in [0.4, 0.5) is 10.1 Å². The molecule has 0 bridgehead atoms. The molecule has 21 heavy (non-hydrogen) atoms. The van der Waals surface area contributed by atoms with Gasteiger partial charge in [-0.2, -0.15) is 0 Å². The summed E-state index contributed by atoms with van der Waals surface area (Å²) in [4.78, 5) is 0.135. The lowest BCUT2D eigenvalue weighted by Gasteiger charge is -2.07. The summed E-state index contributed by atoms with van der Waals surface area (Å²) in [5.74, 6) is -0.601. The molecule has 8 heteroatoms. The van der Waals surface area contributed by atoms with Crippen molar-refractivity contribution in [2.45, 2.75) is 11.4 Å². The zero-order chi connectivity index (χ0) is 15.6. The van der Waals surface area contributed by atoms with Crippen LogP contribution < -0.4 is 10.0 Å². The number of aromatic nitrogens is 1. The van der Waals surface area contributed by atoms with Crippen molar-refractivity contribution in [1.29, 1.82) is 0 Å². The van der Waals surface area contributed by atoms with Gasteiger partial charge in [0.25, 0.3) is 10.0 Å². The fourth-order valence-corrected chi connectivity index (χ4v) is 3.18. The second-order valence-corrected chi connectivity index (χ2v) is 6.63. The monoisotopic (exact) mass is 331 g/mol. The molecule has 0 radical (unpaired) electrons. The maximum absolute atomic E-state index is 13.1. The van der Waals surface area contributed by atoms with Gasteiger partial charge in [0, 0.05) is 25.5 Å². The van der Waals surface area contributed by atoms with Crippen LogP contribution in [-0.2, 0) is 23.6 Å². The molecule has 1 heterocycles. The van der Waals surface area contributed by atoms with Gasteiger partial charge in [-0.25, -0.2) is 12.8 Å². The van der Waals surface area contributed by atoms with Crippen molar-refractivity contribution >= 4 is 27.3 Å². The zero-order valence-electron chi connectivity index (χ0n) is 11.5. The van der Waals surface area contributed by atoms with E-state index in [-0.39, 0.29) is 15.6 Å². The maximum atomic E-state index is 13.1. The van der Waals surface area contributed by atoms with E-state index < -0.39 is 15.8 Å². The quantitative estimate of drug-likeness (QED) is 0.884. The van der Waals surface area contributed by atoms with Gasteiger partial charge in [0.1, 0.15) is 10.7 Å². The Kier molecular flexibility index (Phi) is 4.55. The molecule has 0 saturated carbocycles. The van der Waals surface area contributed by atoms with Crippen LogP contribution in [0.5, 0.6) is 0 Å². The molecule has 1 aromatic carbocycles. The van der Waals surface area contributed by atoms with Gasteiger partial charge in [0.05, 0.1) is 10.7 Å². The van der Waals surface area contributed by atoms with Crippen LogP contribution >= 0.6 is 11.6 Å². The van der Waals surface area contributed by atoms with E-state index in [4.69, 9.17) is 11.6 Å². The van der Waals surface area contributed by atoms with Crippen LogP contribution in [0.2, 0.25) is 5.02 Å². The van der Waals surface area contributed by atoms with Gasteiger partial charge >= 0.3 is 0 Å². The molecule has 0 amide bonds. The predicted molar refractivity (Wildman–Crippen MR) is 80.4 cm³/mol. The highest BCUT2D eigenvalue weighted by Crippen LogP contribution is 2.22. The number of halogens is 2. The number of anilines is 1. The number of sulfonamides is 1. The Morgan fingerprint density at radius 3 is 2.67 bits per heavy atom. The Balaban J connectivity index is 2.29. The average Bonchev–Trinajstić information content (AvgIpc) is 2.77. The number of nitrogens with zero attached hydrogens (tertiary/aromatic N) is 1. The minimum absolute atomic E-state index is 0.135. The Morgan fingerprint density at radius 1 is 1.33 bits per heavy atom. The fraction of sp³-hybridized carbons (Fsp3) is 0.231. The number of rotatable bonds is 5. The molecule has 1 aromatic heterocycles. The Labute approximate surface area is 127 Å². The molecule has 2 rings (SSSR count). The summed E-state index contributed by atoms with van der Waals surface area (Å²) in [5, 5.41) is 2.82. The van der Waals surface area contributed by atoms with Gasteiger partial charge in [-0.05, 0) is 31.3 Å². The van der Waals surface area contributed by atoms with Gasteiger partial charge in [0.2, 0.25) is 0 Å². The van der Waals surface area contributed by atoms with Crippen LogP contribution in [0, 0.1) is 5.82 Å². The van der Waals surface area contributed by atoms with Crippen molar-refractivity contribution in [3.63, 3.8) is 0 Å². The molecule has 2 N–H and O–H groups in total. The predicted octanol–water partition coefficient (Wildman–Crippen LogP) is 2.34. The van der Waals surface area contributed by atoms with Gasteiger partial charge in [-0.15, -0.1) is 0 Å². The third kappa shape index (κ3) is 3.55. The summed E-state index contributed by atoms with van der Waals surface area (Å²) in [6, 6.07) is 5.23. The maximum Gasteiger partial charge on any atom is 0.263 e. The third-order valence-corrected chi connectivity index (χ3v) is 4.56.